The fraction of sp³-hybridized carbons (Fsp3) is 0.444. The molecule has 2 aromatic heterocycles. The van der Waals surface area contributed by atoms with Crippen LogP contribution in [0, 0.1) is 12.8 Å². The number of aromatic nitrogens is 1. The predicted octanol–water partition coefficient (Wildman–Crippen LogP) is 2.93. The molecule has 2 N–H and O–H groups in total. The van der Waals surface area contributed by atoms with Crippen molar-refractivity contribution in [3.8, 4) is 11.5 Å². The molecule has 0 aromatic carbocycles. The van der Waals surface area contributed by atoms with Crippen molar-refractivity contribution in [1.29, 1.82) is 0 Å². The number of furan rings is 1. The summed E-state index contributed by atoms with van der Waals surface area (Å²) in [4.78, 5) is 16.9. The molecule has 0 spiro atoms. The van der Waals surface area contributed by atoms with Crippen molar-refractivity contribution in [2.75, 3.05) is 6.61 Å². The number of hydrogen-bond acceptors (Lipinski definition) is 4. The zero-order valence-corrected chi connectivity index (χ0v) is 13.3. The minimum Gasteiger partial charge on any atom is -0.463 e. The molecule has 1 saturated carbocycles. The number of nitrogens with zero attached hydrogens (tertiary/aromatic N) is 1. The van der Waals surface area contributed by atoms with Gasteiger partial charge in [0.05, 0.1) is 17.5 Å². The zero-order valence-electron chi connectivity index (χ0n) is 13.3. The molecule has 2 aromatic rings. The normalized spacial score (nSPS) is 21.1. The molecule has 1 amide bonds. The van der Waals surface area contributed by atoms with Gasteiger partial charge in [0.15, 0.2) is 5.76 Å². The molecule has 0 unspecified atom stereocenters. The standard InChI is InChI=1S/C18H22N2O3/c1-12-15(8-9-16(19-12)17-3-2-10-23-17)18(22)20-14-6-4-13(11-21)5-7-14/h2-3,8-10,13-14,21H,4-7,11H2,1H3,(H,20,22). The number of carbonyl (C=O) groups is 1. The number of aryl methyl sites for hydroxylation is 1. The molecule has 0 bridgehead atoms. The average molecular weight is 314 g/mol. The first-order valence-electron chi connectivity index (χ1n) is 8.10. The van der Waals surface area contributed by atoms with Crippen LogP contribution in [0.25, 0.3) is 11.5 Å². The Morgan fingerprint density at radius 1 is 1.30 bits per heavy atom. The van der Waals surface area contributed by atoms with E-state index >= 15 is 0 Å². The first kappa shape index (κ1) is 15.7. The minimum absolute atomic E-state index is 0.0755. The summed E-state index contributed by atoms with van der Waals surface area (Å²) in [5.41, 5.74) is 2.03. The Bertz CT molecular complexity index is 659. The third-order valence-electron chi connectivity index (χ3n) is 4.54. The fourth-order valence-electron chi connectivity index (χ4n) is 3.12. The van der Waals surface area contributed by atoms with Gasteiger partial charge in [-0.05, 0) is 62.8 Å². The summed E-state index contributed by atoms with van der Waals surface area (Å²) in [5.74, 6) is 1.01. The first-order valence-corrected chi connectivity index (χ1v) is 8.10. The first-order chi connectivity index (χ1) is 11.2. The summed E-state index contributed by atoms with van der Waals surface area (Å²) in [6, 6.07) is 7.46. The van der Waals surface area contributed by atoms with E-state index < -0.39 is 0 Å². The van der Waals surface area contributed by atoms with Gasteiger partial charge in [0, 0.05) is 12.6 Å². The van der Waals surface area contributed by atoms with Crippen molar-refractivity contribution in [3.63, 3.8) is 0 Å². The molecule has 1 fully saturated rings. The van der Waals surface area contributed by atoms with Crippen LogP contribution in [-0.4, -0.2) is 28.6 Å². The van der Waals surface area contributed by atoms with Crippen LogP contribution in [0.5, 0.6) is 0 Å². The summed E-state index contributed by atoms with van der Waals surface area (Å²) >= 11 is 0. The maximum atomic E-state index is 12.5. The number of aliphatic hydroxyl groups is 1. The van der Waals surface area contributed by atoms with E-state index in [0.717, 1.165) is 31.4 Å². The molecule has 1 aliphatic rings. The summed E-state index contributed by atoms with van der Waals surface area (Å²) < 4.78 is 5.33. The van der Waals surface area contributed by atoms with Gasteiger partial charge < -0.3 is 14.8 Å². The lowest BCUT2D eigenvalue weighted by Crippen LogP contribution is -2.38. The van der Waals surface area contributed by atoms with Gasteiger partial charge in [-0.15, -0.1) is 0 Å². The molecular weight excluding hydrogens is 292 g/mol. The van der Waals surface area contributed by atoms with E-state index in [4.69, 9.17) is 4.42 Å². The summed E-state index contributed by atoms with van der Waals surface area (Å²) in [6.45, 7) is 2.09. The number of nitrogens with one attached hydrogen (secondary N) is 1. The maximum Gasteiger partial charge on any atom is 0.253 e. The number of aliphatic hydroxyl groups excluding tert-OH is 1. The van der Waals surface area contributed by atoms with Crippen molar-refractivity contribution in [3.05, 3.63) is 41.8 Å². The highest BCUT2D eigenvalue weighted by Gasteiger charge is 2.23. The number of hydrogen-bond donors (Lipinski definition) is 2. The van der Waals surface area contributed by atoms with Crippen molar-refractivity contribution >= 4 is 5.91 Å². The summed E-state index contributed by atoms with van der Waals surface area (Å²) in [7, 11) is 0. The second kappa shape index (κ2) is 6.96. The molecule has 5 nitrogen and oxygen atoms in total. The highest BCUT2D eigenvalue weighted by Crippen LogP contribution is 2.24. The topological polar surface area (TPSA) is 75.4 Å². The van der Waals surface area contributed by atoms with Gasteiger partial charge in [-0.2, -0.15) is 0 Å². The maximum absolute atomic E-state index is 12.5. The van der Waals surface area contributed by atoms with Crippen molar-refractivity contribution < 1.29 is 14.3 Å². The lowest BCUT2D eigenvalue weighted by atomic mass is 9.86. The summed E-state index contributed by atoms with van der Waals surface area (Å²) in [6.07, 6.45) is 5.39. The van der Waals surface area contributed by atoms with Gasteiger partial charge in [0.25, 0.3) is 5.91 Å². The third-order valence-corrected chi connectivity index (χ3v) is 4.54. The molecule has 2 heterocycles. The smallest absolute Gasteiger partial charge is 0.253 e. The van der Waals surface area contributed by atoms with E-state index in [2.05, 4.69) is 10.3 Å². The van der Waals surface area contributed by atoms with E-state index in [9.17, 15) is 9.90 Å². The molecule has 23 heavy (non-hydrogen) atoms. The van der Waals surface area contributed by atoms with Crippen molar-refractivity contribution in [2.24, 2.45) is 5.92 Å². The number of carbonyl (C=O) groups excluding carboxylic acids is 1. The van der Waals surface area contributed by atoms with Crippen LogP contribution >= 0.6 is 0 Å². The van der Waals surface area contributed by atoms with Gasteiger partial charge in [-0.25, -0.2) is 4.98 Å². The van der Waals surface area contributed by atoms with E-state index in [1.165, 1.54) is 0 Å². The lowest BCUT2D eigenvalue weighted by Gasteiger charge is -2.28. The Morgan fingerprint density at radius 2 is 2.09 bits per heavy atom. The Kier molecular flexibility index (Phi) is 4.76. The van der Waals surface area contributed by atoms with Gasteiger partial charge in [0.2, 0.25) is 0 Å². The van der Waals surface area contributed by atoms with Crippen molar-refractivity contribution in [1.82, 2.24) is 10.3 Å². The number of rotatable bonds is 4. The molecule has 1 aliphatic carbocycles. The molecule has 122 valence electrons. The lowest BCUT2D eigenvalue weighted by molar-refractivity contribution is 0.0913. The number of pyridine rings is 1. The van der Waals surface area contributed by atoms with Crippen LogP contribution in [0.4, 0.5) is 0 Å². The second-order valence-electron chi connectivity index (χ2n) is 6.18. The van der Waals surface area contributed by atoms with Gasteiger partial charge in [0.1, 0.15) is 5.69 Å². The van der Waals surface area contributed by atoms with E-state index in [1.807, 2.05) is 25.1 Å². The van der Waals surface area contributed by atoms with Crippen LogP contribution in [0.1, 0.15) is 41.7 Å². The monoisotopic (exact) mass is 314 g/mol. The molecule has 3 rings (SSSR count). The SMILES string of the molecule is Cc1nc(-c2ccco2)ccc1C(=O)NC1CCC(CO)CC1. The highest BCUT2D eigenvalue weighted by atomic mass is 16.3. The van der Waals surface area contributed by atoms with Crippen LogP contribution in [0.15, 0.2) is 34.9 Å². The minimum atomic E-state index is -0.0755. The van der Waals surface area contributed by atoms with Gasteiger partial charge in [-0.1, -0.05) is 0 Å². The van der Waals surface area contributed by atoms with Crippen molar-refractivity contribution in [2.45, 2.75) is 38.6 Å². The highest BCUT2D eigenvalue weighted by molar-refractivity contribution is 5.95. The van der Waals surface area contributed by atoms with E-state index in [0.29, 0.717) is 22.9 Å². The van der Waals surface area contributed by atoms with Crippen LogP contribution in [0.3, 0.4) is 0 Å². The summed E-state index contributed by atoms with van der Waals surface area (Å²) in [5, 5.41) is 12.3. The Morgan fingerprint density at radius 3 is 2.70 bits per heavy atom. The Balaban J connectivity index is 1.66. The molecule has 0 radical (unpaired) electrons. The molecule has 0 saturated heterocycles. The number of amides is 1. The zero-order chi connectivity index (χ0) is 16.2. The molecule has 0 atom stereocenters. The average Bonchev–Trinajstić information content (AvgIpc) is 3.10. The van der Waals surface area contributed by atoms with Gasteiger partial charge >= 0.3 is 0 Å². The van der Waals surface area contributed by atoms with E-state index in [1.54, 1.807) is 12.3 Å². The van der Waals surface area contributed by atoms with Gasteiger partial charge in [-0.3, -0.25) is 4.79 Å². The Labute approximate surface area is 135 Å². The fourth-order valence-corrected chi connectivity index (χ4v) is 3.12. The van der Waals surface area contributed by atoms with Crippen LogP contribution < -0.4 is 5.32 Å². The predicted molar refractivity (Wildman–Crippen MR) is 87.0 cm³/mol. The largest absolute Gasteiger partial charge is 0.463 e. The van der Waals surface area contributed by atoms with Crippen LogP contribution in [0.2, 0.25) is 0 Å². The Hall–Kier alpha value is -2.14. The quantitative estimate of drug-likeness (QED) is 0.910. The second-order valence-corrected chi connectivity index (χ2v) is 6.18. The van der Waals surface area contributed by atoms with E-state index in [-0.39, 0.29) is 18.6 Å². The molecular formula is C18H22N2O3. The molecule has 5 heteroatoms. The molecule has 0 aliphatic heterocycles. The third kappa shape index (κ3) is 3.62. The van der Waals surface area contributed by atoms with Crippen LogP contribution in [-0.2, 0) is 0 Å².